The molecule has 1 N–H and O–H groups in total. The number of halogens is 1. The van der Waals surface area contributed by atoms with Crippen LogP contribution >= 0.6 is 0 Å². The van der Waals surface area contributed by atoms with Gasteiger partial charge < -0.3 is 24.3 Å². The number of amides is 2. The predicted octanol–water partition coefficient (Wildman–Crippen LogP) is 3.47. The first-order chi connectivity index (χ1) is 14.5. The minimum absolute atomic E-state index is 0.0693. The minimum Gasteiger partial charge on any atom is -0.486 e. The van der Waals surface area contributed by atoms with Crippen LogP contribution in [0.15, 0.2) is 36.4 Å². The van der Waals surface area contributed by atoms with Crippen molar-refractivity contribution in [1.82, 2.24) is 4.57 Å². The Bertz CT molecular complexity index is 1190. The smallest absolute Gasteiger partial charge is 0.274 e. The standard InChI is InChI=1S/C22H20FN3O4/c1-25-16-6-4-13(23)11-15(16)20(26-8-2-3-19(26)27)21(25)22(28)24-14-5-7-17-18(12-14)30-10-9-29-17/h4-7,11-12H,2-3,8-10H2,1H3,(H,24,28). The van der Waals surface area contributed by atoms with Crippen LogP contribution in [0.25, 0.3) is 10.9 Å². The van der Waals surface area contributed by atoms with Gasteiger partial charge in [0.05, 0.1) is 11.2 Å². The van der Waals surface area contributed by atoms with Gasteiger partial charge in [-0.15, -0.1) is 0 Å². The zero-order valence-electron chi connectivity index (χ0n) is 16.4. The van der Waals surface area contributed by atoms with E-state index >= 15 is 0 Å². The number of rotatable bonds is 3. The van der Waals surface area contributed by atoms with Gasteiger partial charge in [0.15, 0.2) is 11.5 Å². The predicted molar refractivity (Wildman–Crippen MR) is 110 cm³/mol. The summed E-state index contributed by atoms with van der Waals surface area (Å²) in [7, 11) is 1.74. The lowest BCUT2D eigenvalue weighted by atomic mass is 10.2. The molecule has 3 heterocycles. The maximum Gasteiger partial charge on any atom is 0.274 e. The van der Waals surface area contributed by atoms with Gasteiger partial charge >= 0.3 is 0 Å². The first kappa shape index (κ1) is 18.5. The third-order valence-electron chi connectivity index (χ3n) is 5.49. The molecule has 5 rings (SSSR count). The van der Waals surface area contributed by atoms with Crippen molar-refractivity contribution in [2.24, 2.45) is 7.05 Å². The van der Waals surface area contributed by atoms with E-state index in [4.69, 9.17) is 9.47 Å². The zero-order chi connectivity index (χ0) is 20.8. The van der Waals surface area contributed by atoms with Gasteiger partial charge in [-0.3, -0.25) is 9.59 Å². The number of nitrogens with one attached hydrogen (secondary N) is 1. The number of benzene rings is 2. The Morgan fingerprint density at radius 2 is 1.90 bits per heavy atom. The number of aryl methyl sites for hydroxylation is 1. The lowest BCUT2D eigenvalue weighted by Crippen LogP contribution is -2.27. The van der Waals surface area contributed by atoms with Crippen LogP contribution in [-0.4, -0.2) is 36.1 Å². The fourth-order valence-corrected chi connectivity index (χ4v) is 4.13. The molecule has 8 heteroatoms. The number of carbonyl (C=O) groups is 2. The van der Waals surface area contributed by atoms with E-state index < -0.39 is 5.82 Å². The highest BCUT2D eigenvalue weighted by molar-refractivity contribution is 6.17. The summed E-state index contributed by atoms with van der Waals surface area (Å²) in [6.45, 7) is 1.43. The summed E-state index contributed by atoms with van der Waals surface area (Å²) in [6, 6.07) is 9.52. The first-order valence-electron chi connectivity index (χ1n) is 9.82. The second-order valence-corrected chi connectivity index (χ2v) is 7.38. The third kappa shape index (κ3) is 2.96. The molecule has 154 valence electrons. The zero-order valence-corrected chi connectivity index (χ0v) is 16.4. The number of hydrogen-bond donors (Lipinski definition) is 1. The SMILES string of the molecule is Cn1c(C(=O)Nc2ccc3c(c2)OCCO3)c(N2CCCC2=O)c2cc(F)ccc21. The van der Waals surface area contributed by atoms with E-state index in [9.17, 15) is 14.0 Å². The fourth-order valence-electron chi connectivity index (χ4n) is 4.13. The van der Waals surface area contributed by atoms with Gasteiger partial charge in [0.25, 0.3) is 5.91 Å². The Morgan fingerprint density at radius 1 is 1.10 bits per heavy atom. The van der Waals surface area contributed by atoms with Crippen molar-refractivity contribution < 1.29 is 23.5 Å². The summed E-state index contributed by atoms with van der Waals surface area (Å²) >= 11 is 0. The van der Waals surface area contributed by atoms with Crippen molar-refractivity contribution in [3.05, 3.63) is 47.9 Å². The van der Waals surface area contributed by atoms with Gasteiger partial charge in [0, 0.05) is 37.2 Å². The second kappa shape index (κ2) is 7.05. The molecular formula is C22H20FN3O4. The van der Waals surface area contributed by atoms with E-state index in [1.165, 1.54) is 12.1 Å². The molecule has 7 nitrogen and oxygen atoms in total. The molecule has 0 atom stereocenters. The molecule has 2 aliphatic heterocycles. The molecule has 0 spiro atoms. The molecule has 2 aromatic carbocycles. The first-order valence-corrected chi connectivity index (χ1v) is 9.82. The van der Waals surface area contributed by atoms with Gasteiger partial charge in [0.2, 0.25) is 5.91 Å². The number of hydrogen-bond acceptors (Lipinski definition) is 4. The van der Waals surface area contributed by atoms with E-state index in [1.807, 2.05) is 0 Å². The quantitative estimate of drug-likeness (QED) is 0.719. The summed E-state index contributed by atoms with van der Waals surface area (Å²) in [4.78, 5) is 27.4. The number of anilines is 2. The highest BCUT2D eigenvalue weighted by Crippen LogP contribution is 2.37. The number of nitrogens with zero attached hydrogens (tertiary/aromatic N) is 2. The summed E-state index contributed by atoms with van der Waals surface area (Å²) in [5.41, 5.74) is 1.98. The topological polar surface area (TPSA) is 72.8 Å². The Morgan fingerprint density at radius 3 is 2.67 bits per heavy atom. The van der Waals surface area contributed by atoms with Gasteiger partial charge in [-0.05, 0) is 36.8 Å². The number of fused-ring (bicyclic) bond motifs is 2. The molecule has 0 aliphatic carbocycles. The average Bonchev–Trinajstić information content (AvgIpc) is 3.28. The van der Waals surface area contributed by atoms with Gasteiger partial charge in [-0.1, -0.05) is 0 Å². The maximum absolute atomic E-state index is 14.0. The van der Waals surface area contributed by atoms with Crippen LogP contribution in [0, 0.1) is 5.82 Å². The molecule has 1 saturated heterocycles. The molecule has 0 saturated carbocycles. The molecule has 2 amide bonds. The van der Waals surface area contributed by atoms with Crippen molar-refractivity contribution in [1.29, 1.82) is 0 Å². The van der Waals surface area contributed by atoms with Crippen LogP contribution in [0.4, 0.5) is 15.8 Å². The third-order valence-corrected chi connectivity index (χ3v) is 5.49. The largest absolute Gasteiger partial charge is 0.486 e. The van der Waals surface area contributed by atoms with Crippen molar-refractivity contribution in [3.63, 3.8) is 0 Å². The Balaban J connectivity index is 1.58. The van der Waals surface area contributed by atoms with Crippen molar-refractivity contribution in [3.8, 4) is 11.5 Å². The highest BCUT2D eigenvalue weighted by Gasteiger charge is 2.31. The van der Waals surface area contributed by atoms with E-state index in [0.717, 1.165) is 0 Å². The second-order valence-electron chi connectivity index (χ2n) is 7.38. The highest BCUT2D eigenvalue weighted by atomic mass is 19.1. The monoisotopic (exact) mass is 409 g/mol. The van der Waals surface area contributed by atoms with Crippen LogP contribution in [0.2, 0.25) is 0 Å². The summed E-state index contributed by atoms with van der Waals surface area (Å²) in [6.07, 6.45) is 1.11. The summed E-state index contributed by atoms with van der Waals surface area (Å²) < 4.78 is 26.8. The van der Waals surface area contributed by atoms with Crippen LogP contribution in [0.5, 0.6) is 11.5 Å². The summed E-state index contributed by atoms with van der Waals surface area (Å²) in [5, 5.41) is 3.42. The molecule has 2 aliphatic rings. The Kier molecular flexibility index (Phi) is 4.34. The normalized spacial score (nSPS) is 15.7. The minimum atomic E-state index is -0.417. The van der Waals surface area contributed by atoms with Crippen LogP contribution in [0.3, 0.4) is 0 Å². The number of carbonyl (C=O) groups excluding carboxylic acids is 2. The van der Waals surface area contributed by atoms with E-state index in [0.29, 0.717) is 72.1 Å². The van der Waals surface area contributed by atoms with Crippen molar-refractivity contribution in [2.75, 3.05) is 30.0 Å². The fraction of sp³-hybridized carbons (Fsp3) is 0.273. The summed E-state index contributed by atoms with van der Waals surface area (Å²) in [5.74, 6) is 0.316. The number of aromatic nitrogens is 1. The molecule has 1 fully saturated rings. The van der Waals surface area contributed by atoms with E-state index in [2.05, 4.69) is 5.32 Å². The molecule has 3 aromatic rings. The van der Waals surface area contributed by atoms with Crippen LogP contribution < -0.4 is 19.7 Å². The van der Waals surface area contributed by atoms with Gasteiger partial charge in [0.1, 0.15) is 24.7 Å². The van der Waals surface area contributed by atoms with E-state index in [-0.39, 0.29) is 11.8 Å². The molecule has 0 bridgehead atoms. The lowest BCUT2D eigenvalue weighted by molar-refractivity contribution is -0.117. The van der Waals surface area contributed by atoms with Crippen molar-refractivity contribution >= 4 is 34.1 Å². The van der Waals surface area contributed by atoms with Gasteiger partial charge in [-0.2, -0.15) is 0 Å². The Labute approximate surface area is 172 Å². The van der Waals surface area contributed by atoms with Gasteiger partial charge in [-0.25, -0.2) is 4.39 Å². The average molecular weight is 409 g/mol. The van der Waals surface area contributed by atoms with Crippen LogP contribution in [-0.2, 0) is 11.8 Å². The molecule has 0 radical (unpaired) electrons. The molecule has 30 heavy (non-hydrogen) atoms. The van der Waals surface area contributed by atoms with E-state index in [1.54, 1.807) is 40.8 Å². The molecule has 1 aromatic heterocycles. The molecule has 0 unspecified atom stereocenters. The lowest BCUT2D eigenvalue weighted by Gasteiger charge is -2.20. The van der Waals surface area contributed by atoms with Crippen molar-refractivity contribution in [2.45, 2.75) is 12.8 Å². The number of ether oxygens (including phenoxy) is 2. The maximum atomic E-state index is 14.0. The van der Waals surface area contributed by atoms with Crippen LogP contribution in [0.1, 0.15) is 23.3 Å². The Hall–Kier alpha value is -3.55. The molecular weight excluding hydrogens is 389 g/mol.